The summed E-state index contributed by atoms with van der Waals surface area (Å²) < 4.78 is 28.0. The van der Waals surface area contributed by atoms with Crippen LogP contribution in [0.15, 0.2) is 12.1 Å². The van der Waals surface area contributed by atoms with Crippen LogP contribution in [0.5, 0.6) is 0 Å². The van der Waals surface area contributed by atoms with E-state index in [4.69, 9.17) is 0 Å². The van der Waals surface area contributed by atoms with Gasteiger partial charge in [-0.3, -0.25) is 0 Å². The Balaban J connectivity index is 1.58. The normalized spacial score (nSPS) is 32.0. The predicted molar refractivity (Wildman–Crippen MR) is 88.3 cm³/mol. The molecule has 1 nitrogen and oxygen atoms in total. The van der Waals surface area contributed by atoms with E-state index in [2.05, 4.69) is 0 Å². The number of halogens is 2. The molecule has 3 rings (SSSR count). The molecule has 3 heteroatoms. The van der Waals surface area contributed by atoms with Crippen LogP contribution < -0.4 is 0 Å². The average Bonchev–Trinajstić information content (AvgIpc) is 2.60. The van der Waals surface area contributed by atoms with Crippen molar-refractivity contribution in [3.8, 4) is 0 Å². The lowest BCUT2D eigenvalue weighted by atomic mass is 9.68. The van der Waals surface area contributed by atoms with Crippen molar-refractivity contribution < 1.29 is 13.9 Å². The largest absolute Gasteiger partial charge is 0.396 e. The highest BCUT2D eigenvalue weighted by atomic mass is 19.2. The summed E-state index contributed by atoms with van der Waals surface area (Å²) in [4.78, 5) is 0. The molecule has 0 heterocycles. The zero-order chi connectivity index (χ0) is 16.4. The third-order valence-corrected chi connectivity index (χ3v) is 6.33. The van der Waals surface area contributed by atoms with Gasteiger partial charge in [0.2, 0.25) is 0 Å². The fourth-order valence-corrected chi connectivity index (χ4v) is 4.72. The molecule has 128 valence electrons. The molecule has 0 bridgehead atoms. The number of rotatable bonds is 3. The number of hydrogen-bond donors (Lipinski definition) is 1. The average molecular weight is 322 g/mol. The van der Waals surface area contributed by atoms with Crippen molar-refractivity contribution in [3.05, 3.63) is 34.9 Å². The minimum absolute atomic E-state index is 0.176. The smallest absolute Gasteiger partial charge is 0.162 e. The molecule has 2 fully saturated rings. The first kappa shape index (κ1) is 16.9. The van der Waals surface area contributed by atoms with Gasteiger partial charge in [0.1, 0.15) is 0 Å². The molecule has 2 saturated carbocycles. The van der Waals surface area contributed by atoms with E-state index in [0.29, 0.717) is 23.7 Å². The molecule has 2 aliphatic carbocycles. The second kappa shape index (κ2) is 7.29. The maximum absolute atomic E-state index is 14.2. The fourth-order valence-electron chi connectivity index (χ4n) is 4.72. The van der Waals surface area contributed by atoms with Crippen molar-refractivity contribution in [3.63, 3.8) is 0 Å². The van der Waals surface area contributed by atoms with Crippen LogP contribution in [-0.4, -0.2) is 11.7 Å². The highest BCUT2D eigenvalue weighted by Gasteiger charge is 2.32. The van der Waals surface area contributed by atoms with E-state index in [1.807, 2.05) is 0 Å². The van der Waals surface area contributed by atoms with Crippen LogP contribution >= 0.6 is 0 Å². The van der Waals surface area contributed by atoms with Crippen LogP contribution in [0.4, 0.5) is 8.78 Å². The second-order valence-electron chi connectivity index (χ2n) is 7.67. The molecule has 0 spiro atoms. The highest BCUT2D eigenvalue weighted by molar-refractivity contribution is 5.28. The zero-order valence-electron chi connectivity index (χ0n) is 14.0. The van der Waals surface area contributed by atoms with Gasteiger partial charge in [-0.05, 0) is 93.1 Å². The molecule has 0 aromatic heterocycles. The molecule has 0 unspecified atom stereocenters. The monoisotopic (exact) mass is 322 g/mol. The molecule has 0 amide bonds. The molecular formula is C20H28F2O. The Labute approximate surface area is 138 Å². The van der Waals surface area contributed by atoms with Crippen molar-refractivity contribution >= 4 is 0 Å². The minimum atomic E-state index is -0.674. The first-order valence-electron chi connectivity index (χ1n) is 9.15. The van der Waals surface area contributed by atoms with Crippen LogP contribution in [0.1, 0.15) is 68.4 Å². The summed E-state index contributed by atoms with van der Waals surface area (Å²) in [6, 6.07) is 3.49. The van der Waals surface area contributed by atoms with Crippen LogP contribution in [0.2, 0.25) is 0 Å². The lowest BCUT2D eigenvalue weighted by molar-refractivity contribution is 0.123. The Morgan fingerprint density at radius 3 is 2.00 bits per heavy atom. The summed E-state index contributed by atoms with van der Waals surface area (Å²) in [6.45, 7) is 1.94. The molecule has 1 aromatic rings. The van der Waals surface area contributed by atoms with Gasteiger partial charge in [0.25, 0.3) is 0 Å². The van der Waals surface area contributed by atoms with Gasteiger partial charge >= 0.3 is 0 Å². The Bertz CT molecular complexity index is 527. The van der Waals surface area contributed by atoms with E-state index in [0.717, 1.165) is 50.4 Å². The quantitative estimate of drug-likeness (QED) is 0.796. The molecule has 0 aliphatic heterocycles. The molecule has 1 N–H and O–H groups in total. The lowest BCUT2D eigenvalue weighted by Crippen LogP contribution is -2.26. The summed E-state index contributed by atoms with van der Waals surface area (Å²) in [6.07, 6.45) is 8.98. The Morgan fingerprint density at radius 1 is 0.870 bits per heavy atom. The first-order valence-corrected chi connectivity index (χ1v) is 9.15. The van der Waals surface area contributed by atoms with Crippen molar-refractivity contribution in [1.29, 1.82) is 0 Å². The summed E-state index contributed by atoms with van der Waals surface area (Å²) in [5.41, 5.74) is 0.969. The lowest BCUT2D eigenvalue weighted by Gasteiger charge is -2.37. The Kier molecular flexibility index (Phi) is 5.35. The third kappa shape index (κ3) is 3.60. The Morgan fingerprint density at radius 2 is 1.43 bits per heavy atom. The number of hydrogen-bond acceptors (Lipinski definition) is 1. The standard InChI is InChI=1S/C20H28F2O/c1-13-2-11-18(20(22)19(13)21)17-9-7-16(8-10-17)15-5-3-14(12-23)4-6-15/h2,11,14-17,23H,3-10,12H2,1H3. The van der Waals surface area contributed by atoms with E-state index in [1.165, 1.54) is 12.8 Å². The SMILES string of the molecule is Cc1ccc(C2CCC(C3CCC(CO)CC3)CC2)c(F)c1F. The van der Waals surface area contributed by atoms with Crippen LogP contribution in [0.25, 0.3) is 0 Å². The molecule has 0 radical (unpaired) electrons. The predicted octanol–water partition coefficient (Wildman–Crippen LogP) is 5.35. The van der Waals surface area contributed by atoms with Gasteiger partial charge in [0.05, 0.1) is 0 Å². The summed E-state index contributed by atoms with van der Waals surface area (Å²) in [7, 11) is 0. The number of aliphatic hydroxyl groups excluding tert-OH is 1. The van der Waals surface area contributed by atoms with Gasteiger partial charge in [-0.2, -0.15) is 0 Å². The summed E-state index contributed by atoms with van der Waals surface area (Å²) in [5, 5.41) is 9.25. The zero-order valence-corrected chi connectivity index (χ0v) is 14.0. The third-order valence-electron chi connectivity index (χ3n) is 6.33. The molecule has 0 saturated heterocycles. The van der Waals surface area contributed by atoms with Gasteiger partial charge < -0.3 is 5.11 Å². The van der Waals surface area contributed by atoms with Gasteiger partial charge in [0.15, 0.2) is 11.6 Å². The van der Waals surface area contributed by atoms with E-state index in [-0.39, 0.29) is 5.92 Å². The molecule has 2 aliphatic rings. The second-order valence-corrected chi connectivity index (χ2v) is 7.67. The van der Waals surface area contributed by atoms with E-state index in [1.54, 1.807) is 19.1 Å². The molecular weight excluding hydrogens is 294 g/mol. The van der Waals surface area contributed by atoms with Gasteiger partial charge in [-0.1, -0.05) is 12.1 Å². The van der Waals surface area contributed by atoms with Gasteiger partial charge in [-0.15, -0.1) is 0 Å². The maximum atomic E-state index is 14.2. The van der Waals surface area contributed by atoms with Crippen LogP contribution in [0, 0.1) is 36.3 Å². The van der Waals surface area contributed by atoms with Crippen LogP contribution in [-0.2, 0) is 0 Å². The van der Waals surface area contributed by atoms with E-state index >= 15 is 0 Å². The summed E-state index contributed by atoms with van der Waals surface area (Å²) in [5.74, 6) is 0.897. The molecule has 0 atom stereocenters. The van der Waals surface area contributed by atoms with Crippen molar-refractivity contribution in [1.82, 2.24) is 0 Å². The maximum Gasteiger partial charge on any atom is 0.162 e. The topological polar surface area (TPSA) is 20.2 Å². The van der Waals surface area contributed by atoms with Gasteiger partial charge in [0, 0.05) is 6.61 Å². The van der Waals surface area contributed by atoms with Crippen molar-refractivity contribution in [2.75, 3.05) is 6.61 Å². The molecule has 1 aromatic carbocycles. The highest BCUT2D eigenvalue weighted by Crippen LogP contribution is 2.44. The van der Waals surface area contributed by atoms with Crippen molar-refractivity contribution in [2.45, 2.75) is 64.2 Å². The van der Waals surface area contributed by atoms with E-state index in [9.17, 15) is 13.9 Å². The number of aryl methyl sites for hydroxylation is 1. The molecule has 23 heavy (non-hydrogen) atoms. The number of benzene rings is 1. The fraction of sp³-hybridized carbons (Fsp3) is 0.700. The Hall–Kier alpha value is -0.960. The summed E-state index contributed by atoms with van der Waals surface area (Å²) >= 11 is 0. The minimum Gasteiger partial charge on any atom is -0.396 e. The van der Waals surface area contributed by atoms with Crippen LogP contribution in [0.3, 0.4) is 0 Å². The first-order chi connectivity index (χ1) is 11.1. The van der Waals surface area contributed by atoms with Gasteiger partial charge in [-0.25, -0.2) is 8.78 Å². The van der Waals surface area contributed by atoms with Crippen molar-refractivity contribution in [2.24, 2.45) is 17.8 Å². The number of aliphatic hydroxyl groups is 1. The van der Waals surface area contributed by atoms with E-state index < -0.39 is 11.6 Å².